The third kappa shape index (κ3) is 3.36. The zero-order chi connectivity index (χ0) is 12.1. The third-order valence-corrected chi connectivity index (χ3v) is 2.76. The third-order valence-electron chi connectivity index (χ3n) is 2.76. The maximum atomic E-state index is 4.18. The van der Waals surface area contributed by atoms with Crippen molar-refractivity contribution >= 4 is 0 Å². The Bertz CT molecular complexity index is 451. The van der Waals surface area contributed by atoms with E-state index in [1.807, 2.05) is 6.07 Å². The van der Waals surface area contributed by atoms with Gasteiger partial charge in [-0.25, -0.2) is 9.97 Å². The summed E-state index contributed by atoms with van der Waals surface area (Å²) in [5, 5.41) is 3.41. The van der Waals surface area contributed by atoms with Gasteiger partial charge in [0.1, 0.15) is 5.82 Å². The predicted molar refractivity (Wildman–Crippen MR) is 68.5 cm³/mol. The molecule has 0 aliphatic carbocycles. The number of aryl methyl sites for hydroxylation is 1. The highest BCUT2D eigenvalue weighted by Gasteiger charge is 2.04. The Balaban J connectivity index is 1.93. The minimum Gasteiger partial charge on any atom is -0.303 e. The summed E-state index contributed by atoms with van der Waals surface area (Å²) in [6.45, 7) is 4.93. The van der Waals surface area contributed by atoms with E-state index in [9.17, 15) is 0 Å². The number of hydrogen-bond donors (Lipinski definition) is 1. The summed E-state index contributed by atoms with van der Waals surface area (Å²) in [6, 6.07) is 10.7. The molecule has 88 valence electrons. The van der Waals surface area contributed by atoms with E-state index in [1.165, 1.54) is 11.1 Å². The first kappa shape index (κ1) is 11.7. The first-order chi connectivity index (χ1) is 8.25. The zero-order valence-corrected chi connectivity index (χ0v) is 10.2. The van der Waals surface area contributed by atoms with E-state index in [4.69, 9.17) is 0 Å². The second-order valence-electron chi connectivity index (χ2n) is 4.18. The van der Waals surface area contributed by atoms with Crippen LogP contribution in [0.2, 0.25) is 0 Å². The monoisotopic (exact) mass is 227 g/mol. The molecular weight excluding hydrogens is 210 g/mol. The van der Waals surface area contributed by atoms with Crippen LogP contribution in [0.3, 0.4) is 0 Å². The van der Waals surface area contributed by atoms with Crippen molar-refractivity contribution in [1.82, 2.24) is 15.3 Å². The molecule has 0 unspecified atom stereocenters. The molecule has 0 aliphatic heterocycles. The summed E-state index contributed by atoms with van der Waals surface area (Å²) in [7, 11) is 0. The van der Waals surface area contributed by atoms with Crippen molar-refractivity contribution in [3.8, 4) is 0 Å². The van der Waals surface area contributed by atoms with E-state index in [0.717, 1.165) is 5.82 Å². The highest BCUT2D eigenvalue weighted by atomic mass is 15.0. The molecule has 1 heterocycles. The smallest absolute Gasteiger partial charge is 0.141 e. The maximum Gasteiger partial charge on any atom is 0.141 e. The van der Waals surface area contributed by atoms with Crippen LogP contribution in [0, 0.1) is 6.92 Å². The molecule has 2 rings (SSSR count). The Morgan fingerprint density at radius 2 is 1.76 bits per heavy atom. The molecular formula is C14H17N3. The molecule has 1 atom stereocenters. The van der Waals surface area contributed by atoms with Crippen LogP contribution in [-0.2, 0) is 6.54 Å². The molecule has 1 aromatic carbocycles. The SMILES string of the molecule is Cc1ccc([C@@H](C)NCc2ncccn2)cc1. The summed E-state index contributed by atoms with van der Waals surface area (Å²) >= 11 is 0. The van der Waals surface area contributed by atoms with Crippen LogP contribution in [0.25, 0.3) is 0 Å². The average Bonchev–Trinajstić information content (AvgIpc) is 2.38. The summed E-state index contributed by atoms with van der Waals surface area (Å²) < 4.78 is 0. The van der Waals surface area contributed by atoms with Crippen molar-refractivity contribution in [2.75, 3.05) is 0 Å². The van der Waals surface area contributed by atoms with E-state index in [0.29, 0.717) is 12.6 Å². The van der Waals surface area contributed by atoms with Crippen LogP contribution < -0.4 is 5.32 Å². The second-order valence-corrected chi connectivity index (χ2v) is 4.18. The molecule has 3 heteroatoms. The van der Waals surface area contributed by atoms with Crippen molar-refractivity contribution in [1.29, 1.82) is 0 Å². The van der Waals surface area contributed by atoms with Gasteiger partial charge in [0, 0.05) is 18.4 Å². The van der Waals surface area contributed by atoms with Gasteiger partial charge >= 0.3 is 0 Å². The van der Waals surface area contributed by atoms with E-state index in [-0.39, 0.29) is 0 Å². The Labute approximate surface area is 102 Å². The van der Waals surface area contributed by atoms with Crippen LogP contribution in [0.4, 0.5) is 0 Å². The van der Waals surface area contributed by atoms with Crippen molar-refractivity contribution < 1.29 is 0 Å². The van der Waals surface area contributed by atoms with Gasteiger partial charge in [0.15, 0.2) is 0 Å². The fourth-order valence-electron chi connectivity index (χ4n) is 1.64. The Morgan fingerprint density at radius 1 is 1.12 bits per heavy atom. The van der Waals surface area contributed by atoms with Crippen LogP contribution in [0.1, 0.15) is 29.9 Å². The van der Waals surface area contributed by atoms with Gasteiger partial charge in [-0.15, -0.1) is 0 Å². The van der Waals surface area contributed by atoms with Crippen LogP contribution in [0.15, 0.2) is 42.7 Å². The first-order valence-electron chi connectivity index (χ1n) is 5.81. The van der Waals surface area contributed by atoms with Gasteiger partial charge in [-0.05, 0) is 25.5 Å². The predicted octanol–water partition coefficient (Wildman–Crippen LogP) is 2.64. The number of nitrogens with zero attached hydrogens (tertiary/aromatic N) is 2. The number of nitrogens with one attached hydrogen (secondary N) is 1. The number of aromatic nitrogens is 2. The number of rotatable bonds is 4. The molecule has 17 heavy (non-hydrogen) atoms. The molecule has 3 nitrogen and oxygen atoms in total. The van der Waals surface area contributed by atoms with Crippen LogP contribution >= 0.6 is 0 Å². The van der Waals surface area contributed by atoms with Crippen molar-refractivity contribution in [3.05, 3.63) is 59.7 Å². The lowest BCUT2D eigenvalue weighted by Crippen LogP contribution is -2.19. The molecule has 0 radical (unpaired) electrons. The van der Waals surface area contributed by atoms with E-state index < -0.39 is 0 Å². The quantitative estimate of drug-likeness (QED) is 0.872. The largest absolute Gasteiger partial charge is 0.303 e. The lowest BCUT2D eigenvalue weighted by atomic mass is 10.1. The van der Waals surface area contributed by atoms with Gasteiger partial charge in [0.2, 0.25) is 0 Å². The standard InChI is InChI=1S/C14H17N3/c1-11-4-6-13(7-5-11)12(2)17-10-14-15-8-3-9-16-14/h3-9,12,17H,10H2,1-2H3/t12-/m1/s1. The fraction of sp³-hybridized carbons (Fsp3) is 0.286. The normalized spacial score (nSPS) is 12.4. The number of hydrogen-bond acceptors (Lipinski definition) is 3. The van der Waals surface area contributed by atoms with Crippen LogP contribution in [0.5, 0.6) is 0 Å². The van der Waals surface area contributed by atoms with E-state index in [2.05, 4.69) is 53.4 Å². The lowest BCUT2D eigenvalue weighted by Gasteiger charge is -2.13. The van der Waals surface area contributed by atoms with Crippen LogP contribution in [-0.4, -0.2) is 9.97 Å². The minimum atomic E-state index is 0.305. The zero-order valence-electron chi connectivity index (χ0n) is 10.2. The second kappa shape index (κ2) is 5.55. The summed E-state index contributed by atoms with van der Waals surface area (Å²) in [5.74, 6) is 0.825. The molecule has 2 aromatic rings. The summed E-state index contributed by atoms with van der Waals surface area (Å²) in [5.41, 5.74) is 2.57. The number of benzene rings is 1. The lowest BCUT2D eigenvalue weighted by molar-refractivity contribution is 0.559. The van der Waals surface area contributed by atoms with Crippen molar-refractivity contribution in [2.45, 2.75) is 26.4 Å². The summed E-state index contributed by atoms with van der Waals surface area (Å²) in [4.78, 5) is 8.37. The molecule has 0 saturated heterocycles. The highest BCUT2D eigenvalue weighted by molar-refractivity contribution is 5.23. The average molecular weight is 227 g/mol. The van der Waals surface area contributed by atoms with Gasteiger partial charge in [-0.3, -0.25) is 0 Å². The molecule has 0 saturated carbocycles. The molecule has 0 amide bonds. The van der Waals surface area contributed by atoms with Gasteiger partial charge in [-0.1, -0.05) is 29.8 Å². The Hall–Kier alpha value is -1.74. The Morgan fingerprint density at radius 3 is 2.41 bits per heavy atom. The Kier molecular flexibility index (Phi) is 3.83. The maximum absolute atomic E-state index is 4.18. The molecule has 0 fully saturated rings. The molecule has 0 spiro atoms. The van der Waals surface area contributed by atoms with E-state index in [1.54, 1.807) is 12.4 Å². The van der Waals surface area contributed by atoms with Gasteiger partial charge in [-0.2, -0.15) is 0 Å². The van der Waals surface area contributed by atoms with Gasteiger partial charge in [0.25, 0.3) is 0 Å². The van der Waals surface area contributed by atoms with Gasteiger partial charge in [0.05, 0.1) is 6.54 Å². The van der Waals surface area contributed by atoms with Gasteiger partial charge < -0.3 is 5.32 Å². The highest BCUT2D eigenvalue weighted by Crippen LogP contribution is 2.13. The summed E-state index contributed by atoms with van der Waals surface area (Å²) in [6.07, 6.45) is 3.53. The minimum absolute atomic E-state index is 0.305. The van der Waals surface area contributed by atoms with Crippen molar-refractivity contribution in [2.24, 2.45) is 0 Å². The van der Waals surface area contributed by atoms with Crippen molar-refractivity contribution in [3.63, 3.8) is 0 Å². The fourth-order valence-corrected chi connectivity index (χ4v) is 1.64. The molecule has 1 N–H and O–H groups in total. The topological polar surface area (TPSA) is 37.8 Å². The van der Waals surface area contributed by atoms with E-state index >= 15 is 0 Å². The molecule has 0 aliphatic rings. The first-order valence-corrected chi connectivity index (χ1v) is 5.81. The molecule has 0 bridgehead atoms. The molecule has 1 aromatic heterocycles.